The van der Waals surface area contributed by atoms with Crippen molar-refractivity contribution in [1.82, 2.24) is 10.1 Å². The zero-order valence-electron chi connectivity index (χ0n) is 26.6. The van der Waals surface area contributed by atoms with Crippen LogP contribution in [0.2, 0.25) is 0 Å². The number of Topliss-reactive ketones (excluding diaryl/α,β-unsaturated/α-hetero) is 1. The molecule has 1 heterocycles. The summed E-state index contributed by atoms with van der Waals surface area (Å²) in [6, 6.07) is 0. The number of rotatable bonds is 2. The Bertz CT molecular complexity index is 1490. The lowest BCUT2D eigenvalue weighted by Crippen LogP contribution is -2.65. The van der Waals surface area contributed by atoms with E-state index in [1.165, 1.54) is 6.42 Å². The number of carbonyl (C=O) groups is 2. The highest BCUT2D eigenvalue weighted by Crippen LogP contribution is 2.74. The molecule has 6 aliphatic rings. The number of hydrogen-bond acceptors (Lipinski definition) is 5. The number of allylic oxidation sites excluding steroid dienone is 4. The van der Waals surface area contributed by atoms with Gasteiger partial charge in [-0.2, -0.15) is 4.98 Å². The van der Waals surface area contributed by atoms with Crippen molar-refractivity contribution in [2.45, 2.75) is 124 Å². The zero-order chi connectivity index (χ0) is 30.1. The first-order valence-corrected chi connectivity index (χ1v) is 16.4. The van der Waals surface area contributed by atoms with Crippen molar-refractivity contribution >= 4 is 11.6 Å². The minimum atomic E-state index is -0.641. The zero-order valence-corrected chi connectivity index (χ0v) is 26.6. The number of fused-ring (bicyclic) bond motifs is 7. The van der Waals surface area contributed by atoms with Gasteiger partial charge in [-0.15, -0.1) is 0 Å². The van der Waals surface area contributed by atoms with Gasteiger partial charge in [0.2, 0.25) is 11.6 Å². The van der Waals surface area contributed by atoms with Gasteiger partial charge in [-0.3, -0.25) is 4.79 Å². The molecule has 7 atom stereocenters. The molecule has 0 aliphatic heterocycles. The maximum absolute atomic E-state index is 14.7. The summed E-state index contributed by atoms with van der Waals surface area (Å²) in [5, 5.41) is 4.50. The first-order chi connectivity index (χ1) is 19.6. The molecule has 0 aromatic carbocycles. The molecular formula is C36H47N3O3. The Morgan fingerprint density at radius 2 is 1.67 bits per heavy atom. The molecule has 0 saturated heterocycles. The van der Waals surface area contributed by atoms with Crippen LogP contribution in [0.3, 0.4) is 0 Å². The van der Waals surface area contributed by atoms with E-state index in [2.05, 4.69) is 44.6 Å². The fourth-order valence-electron chi connectivity index (χ4n) is 11.2. The average Bonchev–Trinajstić information content (AvgIpc) is 3.36. The molecule has 0 bridgehead atoms. The van der Waals surface area contributed by atoms with E-state index >= 15 is 0 Å². The van der Waals surface area contributed by atoms with Gasteiger partial charge in [0.05, 0.1) is 12.0 Å². The molecule has 224 valence electrons. The Labute approximate surface area is 251 Å². The topological polar surface area (TPSA) is 77.4 Å². The molecule has 0 spiro atoms. The van der Waals surface area contributed by atoms with Crippen LogP contribution in [0.15, 0.2) is 27.9 Å². The number of ketones is 2. The van der Waals surface area contributed by atoms with E-state index in [-0.39, 0.29) is 56.7 Å². The van der Waals surface area contributed by atoms with E-state index in [0.29, 0.717) is 5.92 Å². The molecule has 6 aliphatic carbocycles. The van der Waals surface area contributed by atoms with Crippen molar-refractivity contribution in [3.8, 4) is 0 Å². The smallest absolute Gasteiger partial charge is 0.233 e. The molecular weight excluding hydrogens is 522 g/mol. The van der Waals surface area contributed by atoms with Crippen molar-refractivity contribution in [3.05, 3.63) is 46.6 Å². The predicted octanol–water partition coefficient (Wildman–Crippen LogP) is 8.16. The fourth-order valence-corrected chi connectivity index (χ4v) is 11.2. The summed E-state index contributed by atoms with van der Waals surface area (Å²) in [5.41, 5.74) is -0.323. The highest BCUT2D eigenvalue weighted by atomic mass is 16.5. The third-order valence-electron chi connectivity index (χ3n) is 14.2. The van der Waals surface area contributed by atoms with E-state index in [4.69, 9.17) is 16.1 Å². The molecule has 1 aromatic rings. The highest BCUT2D eigenvalue weighted by Gasteiger charge is 2.70. The fraction of sp³-hybridized carbons (Fsp3) is 0.750. The number of carbonyl (C=O) groups excluding carboxylic acids is 2. The van der Waals surface area contributed by atoms with Gasteiger partial charge in [-0.05, 0) is 91.9 Å². The van der Waals surface area contributed by atoms with Gasteiger partial charge in [-0.25, -0.2) is 4.85 Å². The maximum atomic E-state index is 14.7. The molecule has 42 heavy (non-hydrogen) atoms. The minimum absolute atomic E-state index is 0.0527. The second-order valence-corrected chi connectivity index (χ2v) is 17.0. The first-order valence-electron chi connectivity index (χ1n) is 16.4. The van der Waals surface area contributed by atoms with Crippen molar-refractivity contribution in [2.75, 3.05) is 0 Å². The standard InChI is InChI=1S/C36H47N3O3/c1-31(2)14-16-36(30-38-29(39-42-30)21-10-9-11-21)17-15-35(7)27(22(36)19-31)24(40)18-26-33(5)20-23(37-8)28(41)32(3,4)25(33)12-13-34(26,35)6/h18,20-22,25,27H,9-17,19H2,1-7H3/t22-,25-,27-,33-,34+,35+,36-/m0/s1. The summed E-state index contributed by atoms with van der Waals surface area (Å²) in [6.07, 6.45) is 14.2. The average molecular weight is 570 g/mol. The molecule has 4 saturated carbocycles. The third-order valence-corrected chi connectivity index (χ3v) is 14.2. The van der Waals surface area contributed by atoms with Crippen molar-refractivity contribution in [1.29, 1.82) is 0 Å². The van der Waals surface area contributed by atoms with Crippen molar-refractivity contribution in [3.63, 3.8) is 0 Å². The monoisotopic (exact) mass is 569 g/mol. The Morgan fingerprint density at radius 3 is 2.33 bits per heavy atom. The van der Waals surface area contributed by atoms with E-state index in [9.17, 15) is 9.59 Å². The summed E-state index contributed by atoms with van der Waals surface area (Å²) in [4.78, 5) is 36.9. The van der Waals surface area contributed by atoms with Crippen LogP contribution >= 0.6 is 0 Å². The highest BCUT2D eigenvalue weighted by molar-refractivity contribution is 6.03. The molecule has 1 aromatic heterocycles. The normalized spacial score (nSPS) is 43.9. The lowest BCUT2D eigenvalue weighted by molar-refractivity contribution is -0.161. The van der Waals surface area contributed by atoms with Crippen LogP contribution in [0.4, 0.5) is 0 Å². The van der Waals surface area contributed by atoms with Crippen LogP contribution in [-0.4, -0.2) is 21.7 Å². The first kappa shape index (κ1) is 28.2. The molecule has 0 amide bonds. The van der Waals surface area contributed by atoms with Crippen molar-refractivity contribution < 1.29 is 14.1 Å². The number of hydrogen-bond donors (Lipinski definition) is 0. The third kappa shape index (κ3) is 3.37. The van der Waals surface area contributed by atoms with Gasteiger partial charge in [-0.1, -0.05) is 71.7 Å². The van der Waals surface area contributed by atoms with Crippen LogP contribution in [0.1, 0.15) is 130 Å². The summed E-state index contributed by atoms with van der Waals surface area (Å²) >= 11 is 0. The van der Waals surface area contributed by atoms with E-state index < -0.39 is 10.8 Å². The summed E-state index contributed by atoms with van der Waals surface area (Å²) in [5.74, 6) is 2.33. The largest absolute Gasteiger partial charge is 0.339 e. The predicted molar refractivity (Wildman–Crippen MR) is 160 cm³/mol. The van der Waals surface area contributed by atoms with E-state index in [0.717, 1.165) is 75.1 Å². The van der Waals surface area contributed by atoms with Gasteiger partial charge in [0.1, 0.15) is 0 Å². The molecule has 6 nitrogen and oxygen atoms in total. The van der Waals surface area contributed by atoms with E-state index in [1.807, 2.05) is 26.0 Å². The quantitative estimate of drug-likeness (QED) is 0.336. The maximum Gasteiger partial charge on any atom is 0.233 e. The second kappa shape index (κ2) is 8.54. The number of aromatic nitrogens is 2. The SMILES string of the molecule is [C-]#[N+]C1=C[C@]2(C)C3=CC(=O)[C@@H]4[C@@H]5CC(C)(C)CC[C@]5(c5nc(C6CCC6)no5)CC[C@@]4(C)[C@]3(C)CC[C@H]2C(C)(C)C1=O. The lowest BCUT2D eigenvalue weighted by atomic mass is 9.34. The van der Waals surface area contributed by atoms with Gasteiger partial charge in [0.15, 0.2) is 17.4 Å². The van der Waals surface area contributed by atoms with E-state index in [1.54, 1.807) is 0 Å². The molecule has 7 rings (SSSR count). The van der Waals surface area contributed by atoms with Crippen molar-refractivity contribution in [2.24, 2.45) is 44.8 Å². The van der Waals surface area contributed by atoms with Gasteiger partial charge >= 0.3 is 0 Å². The van der Waals surface area contributed by atoms with Crippen LogP contribution in [-0.2, 0) is 15.0 Å². The molecule has 0 N–H and O–H groups in total. The second-order valence-electron chi connectivity index (χ2n) is 17.0. The summed E-state index contributed by atoms with van der Waals surface area (Å²) in [6.45, 7) is 23.5. The molecule has 4 fully saturated rings. The Kier molecular flexibility index (Phi) is 5.74. The molecule has 0 unspecified atom stereocenters. The van der Waals surface area contributed by atoms with Gasteiger partial charge in [0, 0.05) is 22.7 Å². The Hall–Kier alpha value is -2.55. The summed E-state index contributed by atoms with van der Waals surface area (Å²) < 4.78 is 6.16. The van der Waals surface area contributed by atoms with Crippen LogP contribution in [0, 0.1) is 51.4 Å². The van der Waals surface area contributed by atoms with Gasteiger partial charge < -0.3 is 9.32 Å². The Morgan fingerprint density at radius 1 is 0.952 bits per heavy atom. The minimum Gasteiger partial charge on any atom is -0.339 e. The lowest BCUT2D eigenvalue weighted by Gasteiger charge is -2.69. The van der Waals surface area contributed by atoms with Crippen LogP contribution in [0.25, 0.3) is 4.85 Å². The van der Waals surface area contributed by atoms with Crippen LogP contribution in [0.5, 0.6) is 0 Å². The molecule has 0 radical (unpaired) electrons. The molecule has 6 heteroatoms. The Balaban J connectivity index is 1.37. The summed E-state index contributed by atoms with van der Waals surface area (Å²) in [7, 11) is 0. The van der Waals surface area contributed by atoms with Gasteiger partial charge in [0.25, 0.3) is 0 Å². The van der Waals surface area contributed by atoms with Crippen LogP contribution < -0.4 is 0 Å². The number of nitrogens with zero attached hydrogens (tertiary/aromatic N) is 3.